The van der Waals surface area contributed by atoms with Crippen molar-refractivity contribution in [2.24, 2.45) is 5.92 Å². The van der Waals surface area contributed by atoms with E-state index in [4.69, 9.17) is 0 Å². The first-order valence-electron chi connectivity index (χ1n) is 7.33. The van der Waals surface area contributed by atoms with Gasteiger partial charge in [0.25, 0.3) is 5.91 Å². The van der Waals surface area contributed by atoms with Crippen LogP contribution in [0.1, 0.15) is 22.5 Å². The van der Waals surface area contributed by atoms with Crippen LogP contribution in [-0.2, 0) is 0 Å². The number of piperidine rings is 1. The lowest BCUT2D eigenvalue weighted by Crippen LogP contribution is -2.37. The van der Waals surface area contributed by atoms with Crippen LogP contribution in [-0.4, -0.2) is 30.5 Å². The summed E-state index contributed by atoms with van der Waals surface area (Å²) in [5.41, 5.74) is 1.05. The van der Waals surface area contributed by atoms with Gasteiger partial charge in [-0.1, -0.05) is 30.3 Å². The zero-order valence-electron chi connectivity index (χ0n) is 12.7. The molecule has 126 valence electrons. The maximum absolute atomic E-state index is 12.2. The highest BCUT2D eigenvalue weighted by Gasteiger charge is 2.16. The van der Waals surface area contributed by atoms with E-state index < -0.39 is 0 Å². The topological polar surface area (TPSA) is 54.0 Å². The van der Waals surface area contributed by atoms with E-state index in [1.54, 1.807) is 6.20 Å². The van der Waals surface area contributed by atoms with Crippen molar-refractivity contribution in [2.45, 2.75) is 12.8 Å². The molecule has 23 heavy (non-hydrogen) atoms. The van der Waals surface area contributed by atoms with Crippen LogP contribution in [0.5, 0.6) is 0 Å². The van der Waals surface area contributed by atoms with Gasteiger partial charge in [0.2, 0.25) is 0 Å². The molecule has 1 aromatic carbocycles. The van der Waals surface area contributed by atoms with Crippen LogP contribution < -0.4 is 10.6 Å². The Bertz CT molecular complexity index is 600. The van der Waals surface area contributed by atoms with Gasteiger partial charge in [0.1, 0.15) is 9.88 Å². The van der Waals surface area contributed by atoms with Crippen molar-refractivity contribution in [3.05, 3.63) is 41.4 Å². The molecule has 3 rings (SSSR count). The molecule has 1 atom stereocenters. The molecular formula is C16H21Cl2N3OS. The number of carbonyl (C=O) groups excluding carboxylic acids is 1. The monoisotopic (exact) mass is 373 g/mol. The first-order chi connectivity index (χ1) is 10.3. The number of amides is 1. The van der Waals surface area contributed by atoms with Crippen LogP contribution >= 0.6 is 36.2 Å². The van der Waals surface area contributed by atoms with Crippen molar-refractivity contribution >= 4 is 42.1 Å². The summed E-state index contributed by atoms with van der Waals surface area (Å²) >= 11 is 1.44. The third-order valence-corrected chi connectivity index (χ3v) is 4.75. The molecule has 4 nitrogen and oxygen atoms in total. The zero-order chi connectivity index (χ0) is 14.5. The van der Waals surface area contributed by atoms with Gasteiger partial charge in [0.05, 0.1) is 6.20 Å². The van der Waals surface area contributed by atoms with E-state index in [2.05, 4.69) is 15.6 Å². The van der Waals surface area contributed by atoms with E-state index in [-0.39, 0.29) is 30.7 Å². The standard InChI is InChI=1S/C16H19N3OS.2ClH/c20-15(18-10-12-5-4-8-17-9-12)14-11-19-16(21-14)13-6-2-1-3-7-13;;/h1-3,6-7,11-12,17H,4-5,8-10H2,(H,18,20);2*1H. The van der Waals surface area contributed by atoms with Crippen molar-refractivity contribution < 1.29 is 4.79 Å². The molecule has 2 aromatic rings. The smallest absolute Gasteiger partial charge is 0.263 e. The third-order valence-electron chi connectivity index (χ3n) is 3.70. The average Bonchev–Trinajstić information content (AvgIpc) is 3.04. The molecule has 2 N–H and O–H groups in total. The minimum atomic E-state index is -0.0137. The lowest BCUT2D eigenvalue weighted by molar-refractivity contribution is 0.0948. The molecule has 1 aliphatic heterocycles. The maximum Gasteiger partial charge on any atom is 0.263 e. The summed E-state index contributed by atoms with van der Waals surface area (Å²) in [7, 11) is 0. The fourth-order valence-electron chi connectivity index (χ4n) is 2.52. The summed E-state index contributed by atoms with van der Waals surface area (Å²) in [4.78, 5) is 17.2. The molecule has 0 bridgehead atoms. The summed E-state index contributed by atoms with van der Waals surface area (Å²) in [6.07, 6.45) is 4.05. The minimum Gasteiger partial charge on any atom is -0.351 e. The summed E-state index contributed by atoms with van der Waals surface area (Å²) < 4.78 is 0. The zero-order valence-corrected chi connectivity index (χ0v) is 15.1. The van der Waals surface area contributed by atoms with E-state index in [1.165, 1.54) is 24.2 Å². The van der Waals surface area contributed by atoms with E-state index in [0.717, 1.165) is 30.2 Å². The van der Waals surface area contributed by atoms with Crippen molar-refractivity contribution in [2.75, 3.05) is 19.6 Å². The number of thiazole rings is 1. The third kappa shape index (κ3) is 5.46. The SMILES string of the molecule is Cl.Cl.O=C(NCC1CCCNC1)c1cnc(-c2ccccc2)s1. The lowest BCUT2D eigenvalue weighted by atomic mass is 10.00. The van der Waals surface area contributed by atoms with Gasteiger partial charge in [0, 0.05) is 12.1 Å². The van der Waals surface area contributed by atoms with Crippen LogP contribution in [0.3, 0.4) is 0 Å². The molecule has 0 spiro atoms. The molecule has 0 saturated carbocycles. The van der Waals surface area contributed by atoms with Crippen LogP contribution in [0.4, 0.5) is 0 Å². The summed E-state index contributed by atoms with van der Waals surface area (Å²) in [6, 6.07) is 9.95. The second kappa shape index (κ2) is 9.88. The largest absolute Gasteiger partial charge is 0.351 e. The Morgan fingerprint density at radius 3 is 2.78 bits per heavy atom. The van der Waals surface area contributed by atoms with E-state index in [0.29, 0.717) is 10.8 Å². The van der Waals surface area contributed by atoms with Crippen molar-refractivity contribution in [1.29, 1.82) is 0 Å². The molecular weight excluding hydrogens is 353 g/mol. The van der Waals surface area contributed by atoms with Crippen LogP contribution in [0, 0.1) is 5.92 Å². The van der Waals surface area contributed by atoms with Gasteiger partial charge < -0.3 is 10.6 Å². The molecule has 1 fully saturated rings. The van der Waals surface area contributed by atoms with E-state index in [9.17, 15) is 4.79 Å². The molecule has 1 saturated heterocycles. The lowest BCUT2D eigenvalue weighted by Gasteiger charge is -2.22. The minimum absolute atomic E-state index is 0. The number of nitrogens with zero attached hydrogens (tertiary/aromatic N) is 1. The van der Waals surface area contributed by atoms with Gasteiger partial charge in [-0.3, -0.25) is 4.79 Å². The number of rotatable bonds is 4. The molecule has 2 heterocycles. The van der Waals surface area contributed by atoms with E-state index >= 15 is 0 Å². The van der Waals surface area contributed by atoms with Gasteiger partial charge in [-0.15, -0.1) is 36.2 Å². The number of aromatic nitrogens is 1. The Morgan fingerprint density at radius 2 is 2.09 bits per heavy atom. The fourth-order valence-corrected chi connectivity index (χ4v) is 3.35. The highest BCUT2D eigenvalue weighted by atomic mass is 35.5. The Balaban J connectivity index is 0.00000132. The van der Waals surface area contributed by atoms with Crippen LogP contribution in [0.25, 0.3) is 10.6 Å². The molecule has 1 amide bonds. The number of hydrogen-bond donors (Lipinski definition) is 2. The molecule has 1 unspecified atom stereocenters. The predicted octanol–water partition coefficient (Wildman–Crippen LogP) is 3.38. The predicted molar refractivity (Wildman–Crippen MR) is 100.0 cm³/mol. The Hall–Kier alpha value is -1.14. The Morgan fingerprint density at radius 1 is 1.30 bits per heavy atom. The summed E-state index contributed by atoms with van der Waals surface area (Å²) in [5.74, 6) is 0.532. The maximum atomic E-state index is 12.2. The highest BCUT2D eigenvalue weighted by Crippen LogP contribution is 2.24. The number of halogens is 2. The van der Waals surface area contributed by atoms with Crippen molar-refractivity contribution in [3.63, 3.8) is 0 Å². The van der Waals surface area contributed by atoms with E-state index in [1.807, 2.05) is 30.3 Å². The highest BCUT2D eigenvalue weighted by molar-refractivity contribution is 7.16. The normalized spacial score (nSPS) is 16.8. The number of hydrogen-bond acceptors (Lipinski definition) is 4. The fraction of sp³-hybridized carbons (Fsp3) is 0.375. The van der Waals surface area contributed by atoms with Crippen molar-refractivity contribution in [3.8, 4) is 10.6 Å². The Kier molecular flexibility index (Phi) is 8.55. The quantitative estimate of drug-likeness (QED) is 0.863. The van der Waals surface area contributed by atoms with Gasteiger partial charge >= 0.3 is 0 Å². The molecule has 7 heteroatoms. The molecule has 1 aliphatic rings. The number of carbonyl (C=O) groups is 1. The first-order valence-corrected chi connectivity index (χ1v) is 8.15. The molecule has 1 aromatic heterocycles. The van der Waals surface area contributed by atoms with Crippen LogP contribution in [0.2, 0.25) is 0 Å². The van der Waals surface area contributed by atoms with Gasteiger partial charge in [-0.25, -0.2) is 4.98 Å². The van der Waals surface area contributed by atoms with Crippen molar-refractivity contribution in [1.82, 2.24) is 15.6 Å². The second-order valence-electron chi connectivity index (χ2n) is 5.32. The average molecular weight is 374 g/mol. The number of nitrogens with one attached hydrogen (secondary N) is 2. The molecule has 0 radical (unpaired) electrons. The second-order valence-corrected chi connectivity index (χ2v) is 6.35. The first kappa shape index (κ1) is 19.9. The molecule has 0 aliphatic carbocycles. The number of benzene rings is 1. The van der Waals surface area contributed by atoms with Crippen LogP contribution in [0.15, 0.2) is 36.5 Å². The Labute approximate surface area is 152 Å². The van der Waals surface area contributed by atoms with Gasteiger partial charge in [-0.2, -0.15) is 0 Å². The summed E-state index contributed by atoms with van der Waals surface area (Å²) in [5, 5.41) is 7.28. The van der Waals surface area contributed by atoms with Gasteiger partial charge in [-0.05, 0) is 31.8 Å². The van der Waals surface area contributed by atoms with Gasteiger partial charge in [0.15, 0.2) is 0 Å². The summed E-state index contributed by atoms with van der Waals surface area (Å²) in [6.45, 7) is 2.84.